The first-order valence-corrected chi connectivity index (χ1v) is 9.17. The predicted octanol–water partition coefficient (Wildman–Crippen LogP) is 0.689. The van der Waals surface area contributed by atoms with Crippen LogP contribution in [0.2, 0.25) is 0 Å². The van der Waals surface area contributed by atoms with Gasteiger partial charge in [0.1, 0.15) is 5.82 Å². The first-order chi connectivity index (χ1) is 12.5. The van der Waals surface area contributed by atoms with Gasteiger partial charge in [0.05, 0.1) is 24.9 Å². The minimum Gasteiger partial charge on any atom is -0.385 e. The van der Waals surface area contributed by atoms with Crippen LogP contribution >= 0.6 is 0 Å². The van der Waals surface area contributed by atoms with Crippen LogP contribution in [0, 0.1) is 0 Å². The zero-order chi connectivity index (χ0) is 18.7. The molecule has 8 heteroatoms. The summed E-state index contributed by atoms with van der Waals surface area (Å²) in [6.45, 7) is 5.88. The smallest absolute Gasteiger partial charge is 0.227 e. The summed E-state index contributed by atoms with van der Waals surface area (Å²) >= 11 is 0. The Hall–Kier alpha value is -1.93. The number of ether oxygens (including phenoxy) is 2. The summed E-state index contributed by atoms with van der Waals surface area (Å²) in [7, 11) is 5.60. The molecular weight excluding hydrogens is 334 g/mol. The van der Waals surface area contributed by atoms with E-state index in [-0.39, 0.29) is 12.0 Å². The molecule has 3 rings (SSSR count). The summed E-state index contributed by atoms with van der Waals surface area (Å²) in [5.74, 6) is 1.77. The highest BCUT2D eigenvalue weighted by Crippen LogP contribution is 2.29. The van der Waals surface area contributed by atoms with E-state index in [0.29, 0.717) is 25.7 Å². The van der Waals surface area contributed by atoms with E-state index in [1.165, 1.54) is 5.56 Å². The van der Waals surface area contributed by atoms with E-state index in [2.05, 4.69) is 4.90 Å². The quantitative estimate of drug-likeness (QED) is 0.762. The van der Waals surface area contributed by atoms with Crippen molar-refractivity contribution in [3.63, 3.8) is 0 Å². The van der Waals surface area contributed by atoms with Crippen molar-refractivity contribution in [2.24, 2.45) is 0 Å². The molecule has 0 N–H and O–H groups in total. The average molecular weight is 363 g/mol. The number of hydrogen-bond donors (Lipinski definition) is 0. The minimum absolute atomic E-state index is 0.0909. The molecule has 1 atom stereocenters. The van der Waals surface area contributed by atoms with Crippen LogP contribution in [-0.2, 0) is 27.2 Å². The van der Waals surface area contributed by atoms with Gasteiger partial charge in [0.15, 0.2) is 0 Å². The number of hydrogen-bond acceptors (Lipinski definition) is 7. The lowest BCUT2D eigenvalue weighted by Gasteiger charge is -2.37. The van der Waals surface area contributed by atoms with Crippen LogP contribution in [0.4, 0.5) is 11.8 Å². The van der Waals surface area contributed by atoms with Gasteiger partial charge in [0, 0.05) is 59.9 Å². The molecule has 0 aliphatic carbocycles. The molecule has 3 heterocycles. The maximum atomic E-state index is 11.8. The zero-order valence-electron chi connectivity index (χ0n) is 16.2. The van der Waals surface area contributed by atoms with E-state index in [1.807, 2.05) is 23.9 Å². The second-order valence-corrected chi connectivity index (χ2v) is 7.08. The fourth-order valence-electron chi connectivity index (χ4n) is 3.46. The predicted molar refractivity (Wildman–Crippen MR) is 99.6 cm³/mol. The van der Waals surface area contributed by atoms with Crippen molar-refractivity contribution in [3.05, 3.63) is 11.3 Å². The Labute approximate surface area is 155 Å². The number of nitrogens with zero attached hydrogens (tertiary/aromatic N) is 5. The molecule has 0 aromatic carbocycles. The van der Waals surface area contributed by atoms with Crippen LogP contribution in [-0.4, -0.2) is 80.9 Å². The van der Waals surface area contributed by atoms with E-state index < -0.39 is 0 Å². The number of carbonyl (C=O) groups excluding carboxylic acids is 1. The van der Waals surface area contributed by atoms with Crippen molar-refractivity contribution < 1.29 is 14.3 Å². The molecular formula is C18H29N5O3. The molecule has 0 spiro atoms. The van der Waals surface area contributed by atoms with E-state index in [1.54, 1.807) is 14.0 Å². The zero-order valence-corrected chi connectivity index (χ0v) is 16.2. The molecule has 1 saturated heterocycles. The monoisotopic (exact) mass is 363 g/mol. The Balaban J connectivity index is 1.89. The highest BCUT2D eigenvalue weighted by molar-refractivity contribution is 5.73. The van der Waals surface area contributed by atoms with Gasteiger partial charge in [-0.1, -0.05) is 0 Å². The largest absolute Gasteiger partial charge is 0.385 e. The summed E-state index contributed by atoms with van der Waals surface area (Å²) in [6, 6.07) is 0. The molecule has 0 radical (unpaired) electrons. The molecule has 0 bridgehead atoms. The van der Waals surface area contributed by atoms with Crippen LogP contribution in [0.3, 0.4) is 0 Å². The SMILES string of the molecule is COCCC1CN(c2nc(N(C)C)nc3c2CCN(C(C)=O)C3)CCO1. The van der Waals surface area contributed by atoms with Crippen LogP contribution < -0.4 is 9.80 Å². The third kappa shape index (κ3) is 4.07. The van der Waals surface area contributed by atoms with E-state index in [0.717, 1.165) is 44.0 Å². The molecule has 1 fully saturated rings. The van der Waals surface area contributed by atoms with Crippen LogP contribution in [0.15, 0.2) is 0 Å². The molecule has 1 unspecified atom stereocenters. The normalized spacial score (nSPS) is 20.1. The summed E-state index contributed by atoms with van der Waals surface area (Å²) in [5.41, 5.74) is 2.13. The van der Waals surface area contributed by atoms with Crippen LogP contribution in [0.25, 0.3) is 0 Å². The van der Waals surface area contributed by atoms with Crippen LogP contribution in [0.1, 0.15) is 24.6 Å². The molecule has 2 aliphatic heterocycles. The van der Waals surface area contributed by atoms with Gasteiger partial charge >= 0.3 is 0 Å². The number of aromatic nitrogens is 2. The number of morpholine rings is 1. The highest BCUT2D eigenvalue weighted by Gasteiger charge is 2.29. The van der Waals surface area contributed by atoms with Crippen LogP contribution in [0.5, 0.6) is 0 Å². The van der Waals surface area contributed by atoms with Gasteiger partial charge in [-0.25, -0.2) is 4.98 Å². The van der Waals surface area contributed by atoms with Crippen molar-refractivity contribution in [2.75, 3.05) is 63.9 Å². The Kier molecular flexibility index (Phi) is 5.93. The lowest BCUT2D eigenvalue weighted by Crippen LogP contribution is -2.45. The first-order valence-electron chi connectivity index (χ1n) is 9.17. The second kappa shape index (κ2) is 8.18. The molecule has 1 aromatic rings. The Morgan fingerprint density at radius 1 is 1.35 bits per heavy atom. The third-order valence-electron chi connectivity index (χ3n) is 4.96. The van der Waals surface area contributed by atoms with E-state index in [9.17, 15) is 4.79 Å². The van der Waals surface area contributed by atoms with Crippen molar-refractivity contribution in [1.82, 2.24) is 14.9 Å². The molecule has 8 nitrogen and oxygen atoms in total. The van der Waals surface area contributed by atoms with E-state index >= 15 is 0 Å². The summed E-state index contributed by atoms with van der Waals surface area (Å²) in [6.07, 6.45) is 1.81. The number of fused-ring (bicyclic) bond motifs is 1. The Morgan fingerprint density at radius 3 is 2.85 bits per heavy atom. The standard InChI is InChI=1S/C18H29N5O3/c1-13(24)22-7-5-15-16(12-22)19-18(21(2)3)20-17(15)23-8-10-26-14(11-23)6-9-25-4/h14H,5-12H2,1-4H3. The molecule has 0 saturated carbocycles. The maximum absolute atomic E-state index is 11.8. The first kappa shape index (κ1) is 18.8. The summed E-state index contributed by atoms with van der Waals surface area (Å²) in [5, 5.41) is 0. The molecule has 1 aromatic heterocycles. The fraction of sp³-hybridized carbons (Fsp3) is 0.722. The van der Waals surface area contributed by atoms with Crippen molar-refractivity contribution in [2.45, 2.75) is 32.4 Å². The molecule has 2 aliphatic rings. The highest BCUT2D eigenvalue weighted by atomic mass is 16.5. The van der Waals surface area contributed by atoms with Gasteiger partial charge in [-0.3, -0.25) is 4.79 Å². The van der Waals surface area contributed by atoms with Gasteiger partial charge in [0.2, 0.25) is 11.9 Å². The maximum Gasteiger partial charge on any atom is 0.227 e. The van der Waals surface area contributed by atoms with Crippen molar-refractivity contribution >= 4 is 17.7 Å². The number of carbonyl (C=O) groups is 1. The van der Waals surface area contributed by atoms with E-state index in [4.69, 9.17) is 19.4 Å². The minimum atomic E-state index is 0.0909. The molecule has 26 heavy (non-hydrogen) atoms. The lowest BCUT2D eigenvalue weighted by molar-refractivity contribution is -0.129. The summed E-state index contributed by atoms with van der Waals surface area (Å²) in [4.78, 5) is 27.4. The topological polar surface area (TPSA) is 71.0 Å². The van der Waals surface area contributed by atoms with Gasteiger partial charge < -0.3 is 24.2 Å². The molecule has 144 valence electrons. The average Bonchev–Trinajstić information content (AvgIpc) is 2.65. The lowest BCUT2D eigenvalue weighted by atomic mass is 10.0. The van der Waals surface area contributed by atoms with Crippen molar-refractivity contribution in [3.8, 4) is 0 Å². The van der Waals surface area contributed by atoms with Gasteiger partial charge in [-0.15, -0.1) is 0 Å². The number of rotatable bonds is 5. The second-order valence-electron chi connectivity index (χ2n) is 7.08. The fourth-order valence-corrected chi connectivity index (χ4v) is 3.46. The third-order valence-corrected chi connectivity index (χ3v) is 4.96. The van der Waals surface area contributed by atoms with Gasteiger partial charge in [0.25, 0.3) is 0 Å². The Bertz CT molecular complexity index is 652. The number of anilines is 2. The number of methoxy groups -OCH3 is 1. The van der Waals surface area contributed by atoms with Crippen molar-refractivity contribution in [1.29, 1.82) is 0 Å². The Morgan fingerprint density at radius 2 is 2.15 bits per heavy atom. The summed E-state index contributed by atoms with van der Waals surface area (Å²) < 4.78 is 11.1. The van der Waals surface area contributed by atoms with Gasteiger partial charge in [-0.05, 0) is 12.8 Å². The number of amides is 1. The van der Waals surface area contributed by atoms with Gasteiger partial charge in [-0.2, -0.15) is 4.98 Å². The molecule has 1 amide bonds.